The van der Waals surface area contributed by atoms with Crippen LogP contribution in [0.5, 0.6) is 0 Å². The first-order valence-corrected chi connectivity index (χ1v) is 10.6. The zero-order valence-corrected chi connectivity index (χ0v) is 16.7. The van der Waals surface area contributed by atoms with Crippen LogP contribution in [0.2, 0.25) is 0 Å². The number of carbonyl (C=O) groups is 1. The van der Waals surface area contributed by atoms with E-state index in [4.69, 9.17) is 0 Å². The summed E-state index contributed by atoms with van der Waals surface area (Å²) in [5, 5.41) is 9.75. The van der Waals surface area contributed by atoms with E-state index in [0.717, 1.165) is 11.6 Å². The molecule has 0 unspecified atom stereocenters. The van der Waals surface area contributed by atoms with E-state index in [0.29, 0.717) is 17.0 Å². The van der Waals surface area contributed by atoms with Crippen molar-refractivity contribution in [3.63, 3.8) is 0 Å². The maximum absolute atomic E-state index is 13.7. The fourth-order valence-corrected chi connectivity index (χ4v) is 4.94. The Kier molecular flexibility index (Phi) is 5.71. The smallest absolute Gasteiger partial charge is 0.293 e. The minimum atomic E-state index is -3.95. The van der Waals surface area contributed by atoms with Crippen LogP contribution in [0.15, 0.2) is 52.9 Å². The molecule has 1 aromatic heterocycles. The van der Waals surface area contributed by atoms with Gasteiger partial charge in [-0.2, -0.15) is 8.42 Å². The second-order valence-electron chi connectivity index (χ2n) is 5.81. The number of nitrogens with zero attached hydrogens (tertiary/aromatic N) is 3. The lowest BCUT2D eigenvalue weighted by molar-refractivity contribution is 0.102. The molecule has 3 aromatic rings. The summed E-state index contributed by atoms with van der Waals surface area (Å²) in [6, 6.07) is 12.5. The molecule has 0 spiro atoms. The lowest BCUT2D eigenvalue weighted by Crippen LogP contribution is -2.30. The van der Waals surface area contributed by atoms with Crippen molar-refractivity contribution in [2.75, 3.05) is 16.2 Å². The van der Waals surface area contributed by atoms with E-state index < -0.39 is 21.7 Å². The van der Waals surface area contributed by atoms with Gasteiger partial charge in [-0.05, 0) is 38.1 Å². The molecule has 1 heterocycles. The van der Waals surface area contributed by atoms with Gasteiger partial charge in [0.05, 0.1) is 11.3 Å². The van der Waals surface area contributed by atoms with Gasteiger partial charge in [-0.15, -0.1) is 10.2 Å². The number of aromatic nitrogens is 2. The van der Waals surface area contributed by atoms with Crippen LogP contribution in [0.25, 0.3) is 0 Å². The Labute approximate surface area is 165 Å². The molecule has 1 N–H and O–H groups in total. The molecule has 0 aliphatic heterocycles. The number of nitrogens with one attached hydrogen (secondary N) is 1. The molecule has 146 valence electrons. The lowest BCUT2D eigenvalue weighted by atomic mass is 10.2. The molecule has 3 rings (SSSR count). The van der Waals surface area contributed by atoms with Crippen molar-refractivity contribution in [3.05, 3.63) is 65.5 Å². The number of amides is 1. The molecule has 0 saturated heterocycles. The summed E-state index contributed by atoms with van der Waals surface area (Å²) in [7, 11) is -3.95. The normalized spacial score (nSPS) is 11.2. The lowest BCUT2D eigenvalue weighted by Gasteiger charge is -2.21. The number of sulfonamides is 1. The number of anilines is 2. The summed E-state index contributed by atoms with van der Waals surface area (Å²) in [6.07, 6.45) is 0. The van der Waals surface area contributed by atoms with Crippen LogP contribution < -0.4 is 9.62 Å². The molecular weight excluding hydrogens is 403 g/mol. The molecule has 0 fully saturated rings. The highest BCUT2D eigenvalue weighted by Gasteiger charge is 2.28. The van der Waals surface area contributed by atoms with Gasteiger partial charge in [-0.3, -0.25) is 14.4 Å². The van der Waals surface area contributed by atoms with Crippen molar-refractivity contribution in [1.29, 1.82) is 0 Å². The zero-order chi connectivity index (χ0) is 20.3. The molecule has 10 heteroatoms. The Hall–Kier alpha value is -2.85. The van der Waals surface area contributed by atoms with Crippen LogP contribution in [0.1, 0.15) is 22.8 Å². The maximum atomic E-state index is 13.7. The zero-order valence-electron chi connectivity index (χ0n) is 15.1. The van der Waals surface area contributed by atoms with Gasteiger partial charge in [0, 0.05) is 6.54 Å². The van der Waals surface area contributed by atoms with E-state index in [9.17, 15) is 17.6 Å². The van der Waals surface area contributed by atoms with Crippen molar-refractivity contribution in [3.8, 4) is 0 Å². The molecular formula is C18H17FN4O3S2. The van der Waals surface area contributed by atoms with Crippen LogP contribution >= 0.6 is 11.3 Å². The van der Waals surface area contributed by atoms with Gasteiger partial charge >= 0.3 is 0 Å². The average Bonchev–Trinajstić information content (AvgIpc) is 3.13. The topological polar surface area (TPSA) is 92.3 Å². The summed E-state index contributed by atoms with van der Waals surface area (Å²) < 4.78 is 40.5. The van der Waals surface area contributed by atoms with E-state index in [1.807, 2.05) is 19.1 Å². The van der Waals surface area contributed by atoms with E-state index in [1.54, 1.807) is 19.1 Å². The van der Waals surface area contributed by atoms with Crippen LogP contribution in [-0.2, 0) is 10.0 Å². The summed E-state index contributed by atoms with van der Waals surface area (Å²) >= 11 is 0.704. The van der Waals surface area contributed by atoms with Crippen molar-refractivity contribution in [1.82, 2.24) is 10.2 Å². The predicted octanol–water partition coefficient (Wildman–Crippen LogP) is 3.45. The monoisotopic (exact) mass is 420 g/mol. The second kappa shape index (κ2) is 8.03. The van der Waals surface area contributed by atoms with Gasteiger partial charge in [0.25, 0.3) is 20.3 Å². The largest absolute Gasteiger partial charge is 0.296 e. The summed E-state index contributed by atoms with van der Waals surface area (Å²) in [5.41, 5.74) is 1.34. The van der Waals surface area contributed by atoms with Crippen molar-refractivity contribution < 1.29 is 17.6 Å². The Morgan fingerprint density at radius 2 is 1.82 bits per heavy atom. The van der Waals surface area contributed by atoms with Gasteiger partial charge in [-0.25, -0.2) is 4.39 Å². The molecule has 0 atom stereocenters. The van der Waals surface area contributed by atoms with Crippen molar-refractivity contribution in [2.24, 2.45) is 0 Å². The molecule has 0 saturated carbocycles. The highest BCUT2D eigenvalue weighted by Crippen LogP contribution is 2.28. The third kappa shape index (κ3) is 4.02. The SMILES string of the molecule is CCN(c1ccc(C)cc1)S(=O)(=O)c1nnc(NC(=O)c2ccccc2F)s1. The van der Waals surface area contributed by atoms with E-state index in [-0.39, 0.29) is 21.6 Å². The molecule has 0 aliphatic rings. The number of hydrogen-bond acceptors (Lipinski definition) is 6. The first kappa shape index (κ1) is 19.9. The summed E-state index contributed by atoms with van der Waals surface area (Å²) in [6.45, 7) is 3.81. The van der Waals surface area contributed by atoms with Crippen LogP contribution in [0.3, 0.4) is 0 Å². The van der Waals surface area contributed by atoms with E-state index in [1.165, 1.54) is 22.5 Å². The first-order valence-electron chi connectivity index (χ1n) is 8.31. The number of aryl methyl sites for hydroxylation is 1. The Morgan fingerprint density at radius 3 is 2.46 bits per heavy atom. The van der Waals surface area contributed by atoms with Gasteiger partial charge in [0.1, 0.15) is 5.82 Å². The highest BCUT2D eigenvalue weighted by atomic mass is 32.2. The number of halogens is 1. The Morgan fingerprint density at radius 1 is 1.14 bits per heavy atom. The minimum Gasteiger partial charge on any atom is -0.296 e. The van der Waals surface area contributed by atoms with Gasteiger partial charge < -0.3 is 0 Å². The number of rotatable bonds is 6. The molecule has 28 heavy (non-hydrogen) atoms. The predicted molar refractivity (Wildman–Crippen MR) is 106 cm³/mol. The number of carbonyl (C=O) groups excluding carboxylic acids is 1. The van der Waals surface area contributed by atoms with Crippen LogP contribution in [0.4, 0.5) is 15.2 Å². The maximum Gasteiger partial charge on any atom is 0.293 e. The van der Waals surface area contributed by atoms with Crippen LogP contribution in [-0.4, -0.2) is 31.1 Å². The summed E-state index contributed by atoms with van der Waals surface area (Å²) in [5.74, 6) is -1.42. The van der Waals surface area contributed by atoms with Crippen LogP contribution in [0, 0.1) is 12.7 Å². The molecule has 7 nitrogen and oxygen atoms in total. The van der Waals surface area contributed by atoms with Gasteiger partial charge in [0.2, 0.25) is 5.13 Å². The standard InChI is InChI=1S/C18H17FN4O3S2/c1-3-23(13-10-8-12(2)9-11-13)28(25,26)18-22-21-17(27-18)20-16(24)14-6-4-5-7-15(14)19/h4-11H,3H2,1-2H3,(H,20,21,24). The number of hydrogen-bond donors (Lipinski definition) is 1. The molecule has 0 bridgehead atoms. The molecule has 0 radical (unpaired) electrons. The molecule has 1 amide bonds. The van der Waals surface area contributed by atoms with Gasteiger partial charge in [0.15, 0.2) is 0 Å². The fourth-order valence-electron chi connectivity index (χ4n) is 2.47. The average molecular weight is 420 g/mol. The third-order valence-electron chi connectivity index (χ3n) is 3.87. The first-order chi connectivity index (χ1) is 13.3. The molecule has 0 aliphatic carbocycles. The summed E-state index contributed by atoms with van der Waals surface area (Å²) in [4.78, 5) is 12.2. The molecule has 2 aromatic carbocycles. The van der Waals surface area contributed by atoms with Gasteiger partial charge in [-0.1, -0.05) is 41.2 Å². The van der Waals surface area contributed by atoms with E-state index in [2.05, 4.69) is 15.5 Å². The highest BCUT2D eigenvalue weighted by molar-refractivity contribution is 7.94. The minimum absolute atomic E-state index is 0.0354. The quantitative estimate of drug-likeness (QED) is 0.617. The van der Waals surface area contributed by atoms with Crippen molar-refractivity contribution in [2.45, 2.75) is 18.2 Å². The van der Waals surface area contributed by atoms with Crippen molar-refractivity contribution >= 4 is 38.1 Å². The fraction of sp³-hybridized carbons (Fsp3) is 0.167. The Bertz CT molecular complexity index is 1100. The second-order valence-corrected chi connectivity index (χ2v) is 8.83. The van der Waals surface area contributed by atoms with E-state index >= 15 is 0 Å². The third-order valence-corrected chi connectivity index (χ3v) is 6.95. The number of benzene rings is 2. The Balaban J connectivity index is 1.84.